The van der Waals surface area contributed by atoms with E-state index in [1.165, 1.54) is 0 Å². The van der Waals surface area contributed by atoms with Crippen LogP contribution < -0.4 is 20.1 Å². The summed E-state index contributed by atoms with van der Waals surface area (Å²) in [4.78, 5) is 4.09. The number of rotatable bonds is 5. The van der Waals surface area contributed by atoms with Crippen LogP contribution in [0.15, 0.2) is 35.8 Å². The molecule has 0 saturated heterocycles. The lowest BCUT2D eigenvalue weighted by Gasteiger charge is -2.13. The van der Waals surface area contributed by atoms with Crippen molar-refractivity contribution in [2.24, 2.45) is 4.99 Å². The quantitative estimate of drug-likeness (QED) is 0.358. The molecular weight excluding hydrogens is 357 g/mol. The van der Waals surface area contributed by atoms with Gasteiger partial charge >= 0.3 is 0 Å². The fraction of sp³-hybridized carbons (Fsp3) is 0.308. The molecule has 6 heteroatoms. The number of aliphatic imine (C=N–C) groups is 1. The van der Waals surface area contributed by atoms with Crippen molar-refractivity contribution in [1.29, 1.82) is 0 Å². The smallest absolute Gasteiger partial charge is 0.195 e. The third-order valence-corrected chi connectivity index (χ3v) is 2.28. The maximum absolute atomic E-state index is 5.23. The van der Waals surface area contributed by atoms with Crippen LogP contribution in [0.4, 0.5) is 5.69 Å². The molecule has 5 nitrogen and oxygen atoms in total. The number of halogens is 1. The van der Waals surface area contributed by atoms with Crippen molar-refractivity contribution in [3.63, 3.8) is 0 Å². The van der Waals surface area contributed by atoms with Crippen LogP contribution in [0.5, 0.6) is 11.5 Å². The SMILES string of the molecule is C=CCNC(=NC)Nc1ccc(OC)c(OC)c1.I. The van der Waals surface area contributed by atoms with E-state index in [9.17, 15) is 0 Å². The number of nitrogens with one attached hydrogen (secondary N) is 2. The Balaban J connectivity index is 0.00000324. The fourth-order valence-corrected chi connectivity index (χ4v) is 1.40. The Bertz CT molecular complexity index is 436. The lowest BCUT2D eigenvalue weighted by molar-refractivity contribution is 0.355. The summed E-state index contributed by atoms with van der Waals surface area (Å²) >= 11 is 0. The van der Waals surface area contributed by atoms with Crippen LogP contribution in [0.1, 0.15) is 0 Å². The van der Waals surface area contributed by atoms with Crippen molar-refractivity contribution in [1.82, 2.24) is 5.32 Å². The number of benzene rings is 1. The minimum atomic E-state index is 0. The third-order valence-electron chi connectivity index (χ3n) is 2.28. The first-order chi connectivity index (χ1) is 8.74. The molecule has 0 spiro atoms. The van der Waals surface area contributed by atoms with Gasteiger partial charge in [0.1, 0.15) is 0 Å². The van der Waals surface area contributed by atoms with Gasteiger partial charge in [-0.1, -0.05) is 6.08 Å². The number of guanidine groups is 1. The highest BCUT2D eigenvalue weighted by atomic mass is 127. The minimum Gasteiger partial charge on any atom is -0.493 e. The van der Waals surface area contributed by atoms with Gasteiger partial charge in [0.25, 0.3) is 0 Å². The van der Waals surface area contributed by atoms with Gasteiger partial charge in [0, 0.05) is 25.3 Å². The summed E-state index contributed by atoms with van der Waals surface area (Å²) in [7, 11) is 4.92. The van der Waals surface area contributed by atoms with Crippen molar-refractivity contribution in [2.75, 3.05) is 33.1 Å². The zero-order chi connectivity index (χ0) is 13.4. The Morgan fingerprint density at radius 1 is 1.32 bits per heavy atom. The fourth-order valence-electron chi connectivity index (χ4n) is 1.40. The van der Waals surface area contributed by atoms with Gasteiger partial charge in [-0.05, 0) is 12.1 Å². The van der Waals surface area contributed by atoms with Gasteiger partial charge in [0.05, 0.1) is 14.2 Å². The molecule has 1 aromatic rings. The molecule has 0 radical (unpaired) electrons. The van der Waals surface area contributed by atoms with E-state index in [1.807, 2.05) is 18.2 Å². The molecule has 0 heterocycles. The average molecular weight is 377 g/mol. The second-order valence-corrected chi connectivity index (χ2v) is 3.44. The molecule has 19 heavy (non-hydrogen) atoms. The Labute approximate surface area is 131 Å². The molecule has 0 fully saturated rings. The maximum Gasteiger partial charge on any atom is 0.195 e. The predicted octanol–water partition coefficient (Wildman–Crippen LogP) is 2.50. The highest BCUT2D eigenvalue weighted by Crippen LogP contribution is 2.29. The molecule has 0 aromatic heterocycles. The summed E-state index contributed by atoms with van der Waals surface area (Å²) in [5.74, 6) is 2.03. The number of methoxy groups -OCH3 is 2. The molecule has 0 unspecified atom stereocenters. The van der Waals surface area contributed by atoms with Gasteiger partial charge in [0.15, 0.2) is 17.5 Å². The second-order valence-electron chi connectivity index (χ2n) is 3.44. The first kappa shape index (κ1) is 17.6. The van der Waals surface area contributed by atoms with Gasteiger partial charge in [-0.3, -0.25) is 4.99 Å². The molecule has 0 atom stereocenters. The monoisotopic (exact) mass is 377 g/mol. The molecule has 0 amide bonds. The number of ether oxygens (including phenoxy) is 2. The van der Waals surface area contributed by atoms with Crippen LogP contribution in [0, 0.1) is 0 Å². The van der Waals surface area contributed by atoms with Crippen LogP contribution >= 0.6 is 24.0 Å². The molecule has 1 rings (SSSR count). The lowest BCUT2D eigenvalue weighted by atomic mass is 10.3. The van der Waals surface area contributed by atoms with Gasteiger partial charge in [-0.2, -0.15) is 0 Å². The Morgan fingerprint density at radius 2 is 2.00 bits per heavy atom. The van der Waals surface area contributed by atoms with Crippen LogP contribution in [0.2, 0.25) is 0 Å². The first-order valence-corrected chi connectivity index (χ1v) is 5.55. The Morgan fingerprint density at radius 3 is 2.53 bits per heavy atom. The van der Waals surface area contributed by atoms with E-state index in [-0.39, 0.29) is 24.0 Å². The van der Waals surface area contributed by atoms with Crippen LogP contribution in [-0.4, -0.2) is 33.8 Å². The first-order valence-electron chi connectivity index (χ1n) is 5.55. The van der Waals surface area contributed by atoms with E-state index in [1.54, 1.807) is 27.3 Å². The van der Waals surface area contributed by atoms with Gasteiger partial charge in [-0.25, -0.2) is 0 Å². The number of anilines is 1. The Hall–Kier alpha value is -1.44. The van der Waals surface area contributed by atoms with E-state index in [2.05, 4.69) is 22.2 Å². The van der Waals surface area contributed by atoms with Crippen LogP contribution in [0.25, 0.3) is 0 Å². The number of hydrogen-bond donors (Lipinski definition) is 2. The van der Waals surface area contributed by atoms with E-state index in [4.69, 9.17) is 9.47 Å². The second kappa shape index (κ2) is 9.48. The molecule has 0 aliphatic heterocycles. The zero-order valence-corrected chi connectivity index (χ0v) is 13.7. The number of hydrogen-bond acceptors (Lipinski definition) is 3. The lowest BCUT2D eigenvalue weighted by Crippen LogP contribution is -2.30. The molecule has 106 valence electrons. The highest BCUT2D eigenvalue weighted by Gasteiger charge is 2.05. The van der Waals surface area contributed by atoms with Crippen molar-refractivity contribution < 1.29 is 9.47 Å². The summed E-state index contributed by atoms with van der Waals surface area (Å²) in [6.45, 7) is 4.29. The molecule has 0 aliphatic carbocycles. The largest absolute Gasteiger partial charge is 0.493 e. The van der Waals surface area contributed by atoms with Crippen molar-refractivity contribution in [3.8, 4) is 11.5 Å². The molecule has 0 aliphatic rings. The maximum atomic E-state index is 5.23. The van der Waals surface area contributed by atoms with Gasteiger partial charge < -0.3 is 20.1 Å². The molecule has 0 bridgehead atoms. The topological polar surface area (TPSA) is 54.9 Å². The Kier molecular flexibility index (Phi) is 8.77. The van der Waals surface area contributed by atoms with Gasteiger partial charge in [-0.15, -0.1) is 30.6 Å². The number of nitrogens with zero attached hydrogens (tertiary/aromatic N) is 1. The summed E-state index contributed by atoms with van der Waals surface area (Å²) in [6.07, 6.45) is 1.77. The van der Waals surface area contributed by atoms with Gasteiger partial charge in [0.2, 0.25) is 0 Å². The van der Waals surface area contributed by atoms with Crippen molar-refractivity contribution in [3.05, 3.63) is 30.9 Å². The zero-order valence-electron chi connectivity index (χ0n) is 11.4. The minimum absolute atomic E-state index is 0. The van der Waals surface area contributed by atoms with E-state index >= 15 is 0 Å². The molecule has 0 saturated carbocycles. The van der Waals surface area contributed by atoms with E-state index in [0.717, 1.165) is 5.69 Å². The predicted molar refractivity (Wildman–Crippen MR) is 90.1 cm³/mol. The highest BCUT2D eigenvalue weighted by molar-refractivity contribution is 14.0. The molecule has 2 N–H and O–H groups in total. The summed E-state index contributed by atoms with van der Waals surface area (Å²) in [5.41, 5.74) is 0.866. The third kappa shape index (κ3) is 5.37. The molecular formula is C13H20IN3O2. The summed E-state index contributed by atoms with van der Waals surface area (Å²) in [6, 6.07) is 5.57. The summed E-state index contributed by atoms with van der Waals surface area (Å²) < 4.78 is 10.4. The van der Waals surface area contributed by atoms with E-state index in [0.29, 0.717) is 24.0 Å². The van der Waals surface area contributed by atoms with Crippen LogP contribution in [-0.2, 0) is 0 Å². The van der Waals surface area contributed by atoms with Crippen LogP contribution in [0.3, 0.4) is 0 Å². The van der Waals surface area contributed by atoms with E-state index < -0.39 is 0 Å². The average Bonchev–Trinajstić information content (AvgIpc) is 2.43. The molecule has 1 aromatic carbocycles. The summed E-state index contributed by atoms with van der Waals surface area (Å²) in [5, 5.41) is 6.23. The standard InChI is InChI=1S/C13H19N3O2.HI/c1-5-8-15-13(14-2)16-10-6-7-11(17-3)12(9-10)18-4;/h5-7,9H,1,8H2,2-4H3,(H2,14,15,16);1H. The van der Waals surface area contributed by atoms with Crippen molar-refractivity contribution >= 4 is 35.6 Å². The van der Waals surface area contributed by atoms with Crippen molar-refractivity contribution in [2.45, 2.75) is 0 Å². The normalized spacial score (nSPS) is 10.2.